The molecule has 0 bridgehead atoms. The first kappa shape index (κ1) is 13.1. The summed E-state index contributed by atoms with van der Waals surface area (Å²) in [5.41, 5.74) is 1.64. The van der Waals surface area contributed by atoms with Crippen molar-refractivity contribution in [3.63, 3.8) is 0 Å². The van der Waals surface area contributed by atoms with E-state index in [2.05, 4.69) is 15.9 Å². The van der Waals surface area contributed by atoms with Gasteiger partial charge in [0.1, 0.15) is 11.6 Å². The minimum atomic E-state index is -0.201. The van der Waals surface area contributed by atoms with Crippen molar-refractivity contribution in [2.75, 3.05) is 6.61 Å². The monoisotopic (exact) mass is 308 g/mol. The van der Waals surface area contributed by atoms with Crippen LogP contribution in [-0.4, -0.2) is 6.61 Å². The van der Waals surface area contributed by atoms with Crippen LogP contribution in [0, 0.1) is 5.82 Å². The Morgan fingerprint density at radius 2 is 1.78 bits per heavy atom. The highest BCUT2D eigenvalue weighted by molar-refractivity contribution is 9.09. The van der Waals surface area contributed by atoms with Crippen molar-refractivity contribution in [2.45, 2.75) is 11.8 Å². The molecule has 1 nitrogen and oxygen atoms in total. The first-order chi connectivity index (χ1) is 8.72. The van der Waals surface area contributed by atoms with Gasteiger partial charge in [-0.3, -0.25) is 0 Å². The molecule has 0 heterocycles. The normalized spacial score (nSPS) is 12.2. The molecule has 1 atom stereocenters. The van der Waals surface area contributed by atoms with Crippen molar-refractivity contribution in [3.05, 3.63) is 65.5 Å². The average molecular weight is 309 g/mol. The fourth-order valence-electron chi connectivity index (χ4n) is 1.76. The van der Waals surface area contributed by atoms with Crippen LogP contribution in [0.5, 0.6) is 5.75 Å². The zero-order valence-corrected chi connectivity index (χ0v) is 11.7. The summed E-state index contributed by atoms with van der Waals surface area (Å²) >= 11 is 3.53. The molecule has 0 radical (unpaired) electrons. The maximum atomic E-state index is 13.7. The minimum absolute atomic E-state index is 0.144. The molecule has 2 aromatic rings. The van der Waals surface area contributed by atoms with Crippen molar-refractivity contribution in [1.82, 2.24) is 0 Å². The van der Waals surface area contributed by atoms with Gasteiger partial charge in [0, 0.05) is 5.56 Å². The number of benzene rings is 2. The van der Waals surface area contributed by atoms with Crippen LogP contribution in [0.4, 0.5) is 4.39 Å². The van der Waals surface area contributed by atoms with Crippen LogP contribution in [0.2, 0.25) is 0 Å². The average Bonchev–Trinajstić information content (AvgIpc) is 2.40. The van der Waals surface area contributed by atoms with E-state index in [0.29, 0.717) is 12.2 Å². The van der Waals surface area contributed by atoms with E-state index in [9.17, 15) is 4.39 Å². The highest BCUT2D eigenvalue weighted by Gasteiger charge is 2.14. The van der Waals surface area contributed by atoms with E-state index in [1.807, 2.05) is 37.3 Å². The number of alkyl halides is 1. The summed E-state index contributed by atoms with van der Waals surface area (Å²) in [6.07, 6.45) is 0. The molecule has 0 spiro atoms. The van der Waals surface area contributed by atoms with Crippen LogP contribution in [0.25, 0.3) is 0 Å². The van der Waals surface area contributed by atoms with Crippen molar-refractivity contribution in [3.8, 4) is 5.75 Å². The van der Waals surface area contributed by atoms with Crippen LogP contribution in [0.15, 0.2) is 48.5 Å². The molecule has 0 aromatic heterocycles. The molecule has 18 heavy (non-hydrogen) atoms. The summed E-state index contributed by atoms with van der Waals surface area (Å²) in [6, 6.07) is 14.5. The van der Waals surface area contributed by atoms with Gasteiger partial charge in [-0.2, -0.15) is 0 Å². The predicted molar refractivity (Wildman–Crippen MR) is 74.8 cm³/mol. The van der Waals surface area contributed by atoms with E-state index in [-0.39, 0.29) is 10.6 Å². The second kappa shape index (κ2) is 6.01. The van der Waals surface area contributed by atoms with Crippen molar-refractivity contribution < 1.29 is 9.13 Å². The van der Waals surface area contributed by atoms with Gasteiger partial charge in [-0.1, -0.05) is 46.3 Å². The van der Waals surface area contributed by atoms with Crippen LogP contribution in [0.1, 0.15) is 22.9 Å². The Morgan fingerprint density at radius 1 is 1.11 bits per heavy atom. The van der Waals surface area contributed by atoms with E-state index < -0.39 is 0 Å². The molecule has 94 valence electrons. The van der Waals surface area contributed by atoms with Gasteiger partial charge in [-0.25, -0.2) is 4.39 Å². The first-order valence-electron chi connectivity index (χ1n) is 5.83. The highest BCUT2D eigenvalue weighted by atomic mass is 79.9. The molecule has 0 amide bonds. The van der Waals surface area contributed by atoms with Crippen molar-refractivity contribution >= 4 is 15.9 Å². The lowest BCUT2D eigenvalue weighted by Gasteiger charge is -2.12. The standard InChI is InChI=1S/C15H14BrFO/c1-2-18-12-9-7-11(8-10-12)15(16)13-5-3-4-6-14(13)17/h3-10,15H,2H2,1H3. The van der Waals surface area contributed by atoms with E-state index in [4.69, 9.17) is 4.74 Å². The Labute approximate surface area is 115 Å². The smallest absolute Gasteiger partial charge is 0.127 e. The van der Waals surface area contributed by atoms with E-state index >= 15 is 0 Å². The van der Waals surface area contributed by atoms with Crippen LogP contribution >= 0.6 is 15.9 Å². The van der Waals surface area contributed by atoms with Gasteiger partial charge in [-0.15, -0.1) is 0 Å². The Hall–Kier alpha value is -1.35. The topological polar surface area (TPSA) is 9.23 Å². The molecule has 1 unspecified atom stereocenters. The molecule has 0 saturated heterocycles. The van der Waals surface area contributed by atoms with Crippen molar-refractivity contribution in [2.24, 2.45) is 0 Å². The van der Waals surface area contributed by atoms with Gasteiger partial charge >= 0.3 is 0 Å². The molecule has 0 fully saturated rings. The van der Waals surface area contributed by atoms with Crippen LogP contribution < -0.4 is 4.74 Å². The second-order valence-corrected chi connectivity index (χ2v) is 4.80. The second-order valence-electron chi connectivity index (χ2n) is 3.89. The van der Waals surface area contributed by atoms with E-state index in [0.717, 1.165) is 11.3 Å². The lowest BCUT2D eigenvalue weighted by Crippen LogP contribution is -1.97. The molecule has 0 aliphatic carbocycles. The third-order valence-corrected chi connectivity index (χ3v) is 3.68. The number of rotatable bonds is 4. The van der Waals surface area contributed by atoms with Gasteiger partial charge < -0.3 is 4.74 Å². The molecular formula is C15H14BrFO. The third-order valence-electron chi connectivity index (χ3n) is 2.66. The Morgan fingerprint density at radius 3 is 2.39 bits per heavy atom. The maximum absolute atomic E-state index is 13.7. The van der Waals surface area contributed by atoms with Gasteiger partial charge in [0.2, 0.25) is 0 Å². The lowest BCUT2D eigenvalue weighted by molar-refractivity contribution is 0.340. The van der Waals surface area contributed by atoms with Gasteiger partial charge in [-0.05, 0) is 30.7 Å². The molecule has 0 saturated carbocycles. The van der Waals surface area contributed by atoms with Gasteiger partial charge in [0.05, 0.1) is 11.4 Å². The molecule has 2 rings (SSSR count). The Kier molecular flexibility index (Phi) is 4.37. The molecular weight excluding hydrogens is 295 g/mol. The summed E-state index contributed by atoms with van der Waals surface area (Å²) in [7, 11) is 0. The highest BCUT2D eigenvalue weighted by Crippen LogP contribution is 2.33. The molecule has 0 N–H and O–H groups in total. The first-order valence-corrected chi connectivity index (χ1v) is 6.75. The zero-order valence-electron chi connectivity index (χ0n) is 10.1. The third kappa shape index (κ3) is 2.91. The van der Waals surface area contributed by atoms with Gasteiger partial charge in [0.25, 0.3) is 0 Å². The number of hydrogen-bond donors (Lipinski definition) is 0. The number of halogens is 2. The quantitative estimate of drug-likeness (QED) is 0.743. The summed E-state index contributed by atoms with van der Waals surface area (Å²) < 4.78 is 19.1. The summed E-state index contributed by atoms with van der Waals surface area (Å²) in [4.78, 5) is -0.144. The van der Waals surface area contributed by atoms with E-state index in [1.165, 1.54) is 6.07 Å². The predicted octanol–water partition coefficient (Wildman–Crippen LogP) is 4.71. The largest absolute Gasteiger partial charge is 0.494 e. The zero-order chi connectivity index (χ0) is 13.0. The fourth-order valence-corrected chi connectivity index (χ4v) is 2.44. The minimum Gasteiger partial charge on any atom is -0.494 e. The Balaban J connectivity index is 2.23. The molecule has 0 aliphatic rings. The molecule has 0 aliphatic heterocycles. The van der Waals surface area contributed by atoms with Crippen molar-refractivity contribution in [1.29, 1.82) is 0 Å². The number of ether oxygens (including phenoxy) is 1. The van der Waals surface area contributed by atoms with Gasteiger partial charge in [0.15, 0.2) is 0 Å². The Bertz CT molecular complexity index is 510. The van der Waals surface area contributed by atoms with Crippen LogP contribution in [0.3, 0.4) is 0 Å². The summed E-state index contributed by atoms with van der Waals surface area (Å²) in [5, 5.41) is 0. The SMILES string of the molecule is CCOc1ccc(C(Br)c2ccccc2F)cc1. The molecule has 3 heteroatoms. The van der Waals surface area contributed by atoms with Crippen LogP contribution in [-0.2, 0) is 0 Å². The summed E-state index contributed by atoms with van der Waals surface area (Å²) in [5.74, 6) is 0.628. The fraction of sp³-hybridized carbons (Fsp3) is 0.200. The maximum Gasteiger partial charge on any atom is 0.127 e. The molecule has 2 aromatic carbocycles. The number of hydrogen-bond acceptors (Lipinski definition) is 1. The summed E-state index contributed by atoms with van der Waals surface area (Å²) in [6.45, 7) is 2.59. The lowest BCUT2D eigenvalue weighted by atomic mass is 10.0. The van der Waals surface area contributed by atoms with E-state index in [1.54, 1.807) is 12.1 Å².